The predicted molar refractivity (Wildman–Crippen MR) is 67.5 cm³/mol. The molecule has 0 atom stereocenters. The van der Waals surface area contributed by atoms with Crippen LogP contribution in [0.4, 0.5) is 5.69 Å². The topological polar surface area (TPSA) is 114 Å². The number of amides is 1. The molecule has 0 radical (unpaired) electrons. The van der Waals surface area contributed by atoms with Gasteiger partial charge >= 0.3 is 5.97 Å². The fourth-order valence-electron chi connectivity index (χ4n) is 1.56. The van der Waals surface area contributed by atoms with Gasteiger partial charge in [-0.1, -0.05) is 5.16 Å². The molecule has 0 aliphatic rings. The van der Waals surface area contributed by atoms with E-state index in [0.717, 1.165) is 4.57 Å². The third kappa shape index (κ3) is 2.91. The first-order valence-electron chi connectivity index (χ1n) is 5.63. The first-order valence-corrected chi connectivity index (χ1v) is 5.63. The van der Waals surface area contributed by atoms with Crippen LogP contribution in [-0.4, -0.2) is 26.7 Å². The van der Waals surface area contributed by atoms with Gasteiger partial charge in [0.15, 0.2) is 5.69 Å². The minimum Gasteiger partial charge on any atom is -0.480 e. The summed E-state index contributed by atoms with van der Waals surface area (Å²) in [6, 6.07) is 4.27. The summed E-state index contributed by atoms with van der Waals surface area (Å²) in [5, 5.41) is 14.6. The average Bonchev–Trinajstić information content (AvgIpc) is 2.80. The molecule has 0 bridgehead atoms. The van der Waals surface area contributed by atoms with Crippen LogP contribution in [0.5, 0.6) is 0 Å². The Morgan fingerprint density at radius 3 is 2.85 bits per heavy atom. The Balaban J connectivity index is 2.24. The van der Waals surface area contributed by atoms with E-state index >= 15 is 0 Å². The van der Waals surface area contributed by atoms with Gasteiger partial charge in [-0.05, 0) is 19.1 Å². The highest BCUT2D eigenvalue weighted by atomic mass is 16.5. The largest absolute Gasteiger partial charge is 0.480 e. The minimum absolute atomic E-state index is 0.0283. The standard InChI is InChI=1S/C12H11N3O5/c1-7-5-9(14-20-7)11(18)13-8-3-2-4-15(12(8)19)6-10(16)17/h2-5H,6H2,1H3,(H,13,18)(H,16,17). The Morgan fingerprint density at radius 1 is 1.50 bits per heavy atom. The molecule has 104 valence electrons. The summed E-state index contributed by atoms with van der Waals surface area (Å²) in [4.78, 5) is 34.3. The lowest BCUT2D eigenvalue weighted by Crippen LogP contribution is -2.27. The molecule has 0 unspecified atom stereocenters. The Kier molecular flexibility index (Phi) is 3.65. The first-order chi connectivity index (χ1) is 9.47. The van der Waals surface area contributed by atoms with Gasteiger partial charge in [-0.2, -0.15) is 0 Å². The van der Waals surface area contributed by atoms with Crippen molar-refractivity contribution in [1.82, 2.24) is 9.72 Å². The van der Waals surface area contributed by atoms with E-state index in [4.69, 9.17) is 9.63 Å². The molecule has 0 saturated heterocycles. The summed E-state index contributed by atoms with van der Waals surface area (Å²) in [7, 11) is 0. The molecule has 0 saturated carbocycles. The Hall–Kier alpha value is -2.90. The highest BCUT2D eigenvalue weighted by molar-refractivity contribution is 6.02. The van der Waals surface area contributed by atoms with Crippen LogP contribution in [0.15, 0.2) is 33.7 Å². The monoisotopic (exact) mass is 277 g/mol. The van der Waals surface area contributed by atoms with Gasteiger partial charge in [0.05, 0.1) is 0 Å². The summed E-state index contributed by atoms with van der Waals surface area (Å²) in [5.74, 6) is -1.29. The van der Waals surface area contributed by atoms with E-state index in [9.17, 15) is 14.4 Å². The van der Waals surface area contributed by atoms with Crippen LogP contribution in [0.1, 0.15) is 16.2 Å². The fraction of sp³-hybridized carbons (Fsp3) is 0.167. The summed E-state index contributed by atoms with van der Waals surface area (Å²) >= 11 is 0. The van der Waals surface area contributed by atoms with Crippen molar-refractivity contribution in [2.45, 2.75) is 13.5 Å². The van der Waals surface area contributed by atoms with Crippen LogP contribution in [-0.2, 0) is 11.3 Å². The van der Waals surface area contributed by atoms with Gasteiger partial charge in [0.1, 0.15) is 18.0 Å². The lowest BCUT2D eigenvalue weighted by Gasteiger charge is -2.06. The second-order valence-electron chi connectivity index (χ2n) is 4.03. The highest BCUT2D eigenvalue weighted by Crippen LogP contribution is 2.05. The molecule has 2 rings (SSSR count). The third-order valence-electron chi connectivity index (χ3n) is 2.43. The molecule has 1 amide bonds. The van der Waals surface area contributed by atoms with Crippen LogP contribution in [0.2, 0.25) is 0 Å². The van der Waals surface area contributed by atoms with Crippen molar-refractivity contribution in [3.05, 3.63) is 46.2 Å². The molecule has 0 fully saturated rings. The Bertz CT molecular complexity index is 716. The normalized spacial score (nSPS) is 10.2. The van der Waals surface area contributed by atoms with E-state index in [2.05, 4.69) is 10.5 Å². The quantitative estimate of drug-likeness (QED) is 0.840. The first kappa shape index (κ1) is 13.5. The van der Waals surface area contributed by atoms with Crippen molar-refractivity contribution in [3.63, 3.8) is 0 Å². The van der Waals surface area contributed by atoms with E-state index in [1.54, 1.807) is 6.92 Å². The number of nitrogens with one attached hydrogen (secondary N) is 1. The molecule has 8 heteroatoms. The zero-order valence-electron chi connectivity index (χ0n) is 10.5. The molecule has 0 aromatic carbocycles. The van der Waals surface area contributed by atoms with Gasteiger partial charge in [0.25, 0.3) is 11.5 Å². The number of carboxylic acids is 1. The molecule has 20 heavy (non-hydrogen) atoms. The number of carbonyl (C=O) groups is 2. The molecule has 2 aromatic rings. The van der Waals surface area contributed by atoms with Gasteiger partial charge in [-0.3, -0.25) is 14.4 Å². The Labute approximate surface area is 112 Å². The van der Waals surface area contributed by atoms with Crippen LogP contribution in [0.3, 0.4) is 0 Å². The number of rotatable bonds is 4. The number of pyridine rings is 1. The van der Waals surface area contributed by atoms with Crippen molar-refractivity contribution in [3.8, 4) is 0 Å². The molecule has 2 aromatic heterocycles. The van der Waals surface area contributed by atoms with Crippen molar-refractivity contribution in [2.24, 2.45) is 0 Å². The number of carboxylic acid groups (broad SMARTS) is 1. The maximum atomic E-state index is 11.9. The molecular formula is C12H11N3O5. The summed E-state index contributed by atoms with van der Waals surface area (Å²) < 4.78 is 5.74. The Morgan fingerprint density at radius 2 is 2.25 bits per heavy atom. The number of aryl methyl sites for hydroxylation is 1. The molecule has 2 N–H and O–H groups in total. The maximum absolute atomic E-state index is 11.9. The van der Waals surface area contributed by atoms with Gasteiger partial charge in [-0.15, -0.1) is 0 Å². The van der Waals surface area contributed by atoms with E-state index in [1.165, 1.54) is 24.4 Å². The van der Waals surface area contributed by atoms with E-state index in [0.29, 0.717) is 5.76 Å². The molecule has 0 spiro atoms. The second-order valence-corrected chi connectivity index (χ2v) is 4.03. The van der Waals surface area contributed by atoms with Gasteiger partial charge < -0.3 is 19.5 Å². The van der Waals surface area contributed by atoms with Crippen LogP contribution >= 0.6 is 0 Å². The van der Waals surface area contributed by atoms with Crippen LogP contribution in [0, 0.1) is 6.92 Å². The number of aliphatic carboxylic acids is 1. The van der Waals surface area contributed by atoms with Gasteiger partial charge in [-0.25, -0.2) is 0 Å². The fourth-order valence-corrected chi connectivity index (χ4v) is 1.56. The molecule has 0 aliphatic heterocycles. The van der Waals surface area contributed by atoms with Crippen LogP contribution < -0.4 is 10.9 Å². The number of nitrogens with zero attached hydrogens (tertiary/aromatic N) is 2. The minimum atomic E-state index is -1.15. The van der Waals surface area contributed by atoms with Gasteiger partial charge in [0, 0.05) is 12.3 Å². The number of hydrogen-bond donors (Lipinski definition) is 2. The van der Waals surface area contributed by atoms with E-state index in [-0.39, 0.29) is 11.4 Å². The lowest BCUT2D eigenvalue weighted by atomic mass is 10.3. The number of aromatic nitrogens is 2. The highest BCUT2D eigenvalue weighted by Gasteiger charge is 2.14. The molecule has 8 nitrogen and oxygen atoms in total. The van der Waals surface area contributed by atoms with Gasteiger partial charge in [0.2, 0.25) is 0 Å². The molecule has 2 heterocycles. The predicted octanol–water partition coefficient (Wildman–Crippen LogP) is 0.482. The third-order valence-corrected chi connectivity index (χ3v) is 2.43. The van der Waals surface area contributed by atoms with Crippen molar-refractivity contribution in [1.29, 1.82) is 0 Å². The number of carbonyl (C=O) groups excluding carboxylic acids is 1. The smallest absolute Gasteiger partial charge is 0.323 e. The summed E-state index contributed by atoms with van der Waals surface area (Å²) in [6.45, 7) is 1.15. The maximum Gasteiger partial charge on any atom is 0.323 e. The SMILES string of the molecule is Cc1cc(C(=O)Nc2cccn(CC(=O)O)c2=O)no1. The molecular weight excluding hydrogens is 266 g/mol. The van der Waals surface area contributed by atoms with E-state index < -0.39 is 24.0 Å². The van der Waals surface area contributed by atoms with Crippen LogP contribution in [0.25, 0.3) is 0 Å². The average molecular weight is 277 g/mol. The van der Waals surface area contributed by atoms with E-state index in [1.807, 2.05) is 0 Å². The summed E-state index contributed by atoms with van der Waals surface area (Å²) in [5.41, 5.74) is -0.599. The number of anilines is 1. The zero-order valence-corrected chi connectivity index (χ0v) is 10.5. The van der Waals surface area contributed by atoms with Crippen molar-refractivity contribution < 1.29 is 19.2 Å². The summed E-state index contributed by atoms with van der Waals surface area (Å²) in [6.07, 6.45) is 1.33. The van der Waals surface area contributed by atoms with Crippen molar-refractivity contribution >= 4 is 17.6 Å². The molecule has 0 aliphatic carbocycles. The zero-order chi connectivity index (χ0) is 14.7. The second kappa shape index (κ2) is 5.39. The van der Waals surface area contributed by atoms with Crippen molar-refractivity contribution in [2.75, 3.05) is 5.32 Å². The number of hydrogen-bond acceptors (Lipinski definition) is 5. The lowest BCUT2D eigenvalue weighted by molar-refractivity contribution is -0.137.